The molecule has 36 heavy (non-hydrogen) atoms. The van der Waals surface area contributed by atoms with Gasteiger partial charge in [-0.1, -0.05) is 67.6 Å². The van der Waals surface area contributed by atoms with E-state index in [9.17, 15) is 8.42 Å². The van der Waals surface area contributed by atoms with Crippen LogP contribution in [-0.4, -0.2) is 8.42 Å². The topological polar surface area (TPSA) is 133 Å². The molecule has 3 aromatic carbocycles. The van der Waals surface area contributed by atoms with E-state index in [4.69, 9.17) is 19.1 Å². The summed E-state index contributed by atoms with van der Waals surface area (Å²) in [7, 11) is -6.56. The summed E-state index contributed by atoms with van der Waals surface area (Å²) in [5, 5.41) is 5.26. The van der Waals surface area contributed by atoms with Crippen LogP contribution in [0.15, 0.2) is 102 Å². The van der Waals surface area contributed by atoms with Crippen LogP contribution in [0.5, 0.6) is 0 Å². The summed E-state index contributed by atoms with van der Waals surface area (Å²) in [6.45, 7) is 2.82. The van der Waals surface area contributed by atoms with Crippen LogP contribution in [0.3, 0.4) is 0 Å². The van der Waals surface area contributed by atoms with Gasteiger partial charge in [0.25, 0.3) is 0 Å². The van der Waals surface area contributed by atoms with Crippen molar-refractivity contribution in [3.05, 3.63) is 108 Å². The van der Waals surface area contributed by atoms with Crippen LogP contribution in [0.1, 0.15) is 24.6 Å². The molecule has 0 aliphatic heterocycles. The largest absolute Gasteiger partial charge is 0.357 e. The number of benzene rings is 3. The Bertz CT molecular complexity index is 1360. The average molecular weight is 527 g/mol. The molecule has 0 spiro atoms. The third-order valence-corrected chi connectivity index (χ3v) is 6.46. The van der Waals surface area contributed by atoms with Gasteiger partial charge in [-0.3, -0.25) is 0 Å². The van der Waals surface area contributed by atoms with E-state index in [0.29, 0.717) is 6.54 Å². The molecule has 7 nitrogen and oxygen atoms in total. The lowest BCUT2D eigenvalue weighted by Gasteiger charge is -2.13. The van der Waals surface area contributed by atoms with Gasteiger partial charge in [-0.15, -0.1) is 0 Å². The minimum absolute atomic E-state index is 0.128. The summed E-state index contributed by atoms with van der Waals surface area (Å²) < 4.78 is 50.8. The second-order valence-corrected chi connectivity index (χ2v) is 10.0. The van der Waals surface area contributed by atoms with Crippen LogP contribution < -0.4 is 23.7 Å². The van der Waals surface area contributed by atoms with Crippen molar-refractivity contribution >= 4 is 10.0 Å². The van der Waals surface area contributed by atoms with Crippen LogP contribution >= 0.6 is 0 Å². The predicted molar refractivity (Wildman–Crippen MR) is 128 cm³/mol. The van der Waals surface area contributed by atoms with Crippen molar-refractivity contribution in [2.24, 2.45) is 5.14 Å². The van der Waals surface area contributed by atoms with E-state index in [1.54, 1.807) is 12.1 Å². The highest BCUT2D eigenvalue weighted by atomic mass is 35.6. The fraction of sp³-hybridized carbons (Fsp3) is 0.148. The van der Waals surface area contributed by atoms with Crippen molar-refractivity contribution in [2.45, 2.75) is 31.2 Å². The first-order valence-corrected chi connectivity index (χ1v) is 13.7. The van der Waals surface area contributed by atoms with E-state index in [-0.39, 0.29) is 4.90 Å². The third-order valence-electron chi connectivity index (χ3n) is 5.53. The second-order valence-electron chi connectivity index (χ2n) is 8.07. The molecule has 4 aromatic rings. The molecule has 0 aliphatic carbocycles. The van der Waals surface area contributed by atoms with Gasteiger partial charge in [-0.05, 0) is 41.8 Å². The molecule has 0 unspecified atom stereocenters. The molecule has 0 saturated carbocycles. The van der Waals surface area contributed by atoms with E-state index >= 15 is 0 Å². The number of nitrogens with two attached hydrogens (primary N) is 1. The number of hydrogen-bond acceptors (Lipinski definition) is 5. The van der Waals surface area contributed by atoms with Crippen molar-refractivity contribution in [3.63, 3.8) is 0 Å². The zero-order valence-corrected chi connectivity index (χ0v) is 21.3. The molecule has 0 bridgehead atoms. The normalized spacial score (nSPS) is 11.2. The zero-order valence-electron chi connectivity index (χ0n) is 19.7. The quantitative estimate of drug-likeness (QED) is 0.363. The van der Waals surface area contributed by atoms with Gasteiger partial charge >= 0.3 is 0 Å². The minimum Gasteiger partial charge on any atom is -0.357 e. The van der Waals surface area contributed by atoms with Gasteiger partial charge in [0.2, 0.25) is 15.7 Å². The molecule has 0 fully saturated rings. The Kier molecular flexibility index (Phi) is 9.72. The SMILES string of the molecule is CCCc1cc(-c2ccccc2)cc(-c2ccccc2)[n+]1Cc1ccc(S(N)(=O)=O)cc1.[O-][Cl+2]([O-])[O-]. The van der Waals surface area contributed by atoms with Crippen LogP contribution in [-0.2, 0) is 23.0 Å². The molecule has 188 valence electrons. The standard InChI is InChI=1S/C27H27N2O2S.ClO3/c1-2-9-25-18-24(22-10-5-3-6-11-22)19-27(23-12-7-4-8-13-23)29(25)20-21-14-16-26(17-15-21)32(28,30)31;2-1(3)4/h3-8,10-19H,2,9,20H2,1H3,(H2,28,30,31);/q+1;-1. The lowest BCUT2D eigenvalue weighted by atomic mass is 9.99. The van der Waals surface area contributed by atoms with Gasteiger partial charge in [0, 0.05) is 29.7 Å². The number of sulfonamides is 1. The monoisotopic (exact) mass is 526 g/mol. The van der Waals surface area contributed by atoms with E-state index in [1.807, 2.05) is 24.3 Å². The van der Waals surface area contributed by atoms with E-state index in [1.165, 1.54) is 16.8 Å². The van der Waals surface area contributed by atoms with Gasteiger partial charge in [-0.2, -0.15) is 4.57 Å². The van der Waals surface area contributed by atoms with Gasteiger partial charge < -0.3 is 14.0 Å². The number of pyridine rings is 1. The maximum atomic E-state index is 11.6. The summed E-state index contributed by atoms with van der Waals surface area (Å²) in [6, 6.07) is 32.1. The number of aryl methyl sites for hydroxylation is 1. The lowest BCUT2D eigenvalue weighted by Crippen LogP contribution is -2.42. The molecule has 0 radical (unpaired) electrons. The Morgan fingerprint density at radius 3 is 1.81 bits per heavy atom. The predicted octanol–water partition coefficient (Wildman–Crippen LogP) is 1.39. The summed E-state index contributed by atoms with van der Waals surface area (Å²) in [5.41, 5.74) is 6.91. The summed E-state index contributed by atoms with van der Waals surface area (Å²) >= 11 is 0. The van der Waals surface area contributed by atoms with Crippen molar-refractivity contribution in [2.75, 3.05) is 0 Å². The van der Waals surface area contributed by atoms with Gasteiger partial charge in [0.1, 0.15) is 0 Å². The van der Waals surface area contributed by atoms with Gasteiger partial charge in [0.05, 0.1) is 15.7 Å². The average Bonchev–Trinajstić information content (AvgIpc) is 2.85. The number of primary sulfonamides is 1. The van der Waals surface area contributed by atoms with Crippen molar-refractivity contribution in [1.82, 2.24) is 0 Å². The molecular weight excluding hydrogens is 500 g/mol. The molecule has 0 aliphatic rings. The van der Waals surface area contributed by atoms with Crippen LogP contribution in [0.2, 0.25) is 0 Å². The van der Waals surface area contributed by atoms with Crippen LogP contribution in [0.4, 0.5) is 0 Å². The van der Waals surface area contributed by atoms with E-state index in [0.717, 1.165) is 29.7 Å². The van der Waals surface area contributed by atoms with E-state index in [2.05, 4.69) is 72.2 Å². The Balaban J connectivity index is 0.000000840. The molecule has 4 rings (SSSR count). The first-order chi connectivity index (χ1) is 17.2. The molecule has 2 N–H and O–H groups in total. The maximum absolute atomic E-state index is 11.6. The van der Waals surface area contributed by atoms with Gasteiger partial charge in [-0.25, -0.2) is 13.6 Å². The van der Waals surface area contributed by atoms with Crippen molar-refractivity contribution < 1.29 is 37.7 Å². The van der Waals surface area contributed by atoms with Crippen molar-refractivity contribution in [3.8, 4) is 22.4 Å². The number of nitrogens with zero attached hydrogens (tertiary/aromatic N) is 1. The molecule has 0 atom stereocenters. The Hall–Kier alpha value is -3.11. The number of halogens is 1. The number of aromatic nitrogens is 1. The summed E-state index contributed by atoms with van der Waals surface area (Å²) in [6.07, 6.45) is 1.96. The number of rotatable bonds is 7. The molecule has 0 amide bonds. The maximum Gasteiger partial charge on any atom is 0.238 e. The first-order valence-electron chi connectivity index (χ1n) is 11.2. The Morgan fingerprint density at radius 1 is 0.778 bits per heavy atom. The van der Waals surface area contributed by atoms with Crippen LogP contribution in [0.25, 0.3) is 22.4 Å². The fourth-order valence-corrected chi connectivity index (χ4v) is 4.46. The minimum atomic E-state index is -3.70. The second kappa shape index (κ2) is 12.7. The fourth-order valence-electron chi connectivity index (χ4n) is 3.94. The summed E-state index contributed by atoms with van der Waals surface area (Å²) in [5.74, 6) is 0. The highest BCUT2D eigenvalue weighted by molar-refractivity contribution is 7.89. The highest BCUT2D eigenvalue weighted by Crippen LogP contribution is 2.26. The molecule has 1 aromatic heterocycles. The zero-order chi connectivity index (χ0) is 26.1. The number of hydrogen-bond donors (Lipinski definition) is 1. The third kappa shape index (κ3) is 7.69. The first kappa shape index (κ1) is 27.5. The molecule has 1 heterocycles. The highest BCUT2D eigenvalue weighted by Gasteiger charge is 2.21. The molecule has 0 saturated heterocycles. The van der Waals surface area contributed by atoms with E-state index < -0.39 is 20.8 Å². The van der Waals surface area contributed by atoms with Gasteiger partial charge in [0.15, 0.2) is 12.2 Å². The Morgan fingerprint density at radius 2 is 1.31 bits per heavy atom. The Labute approximate surface area is 214 Å². The molecule has 9 heteroatoms. The lowest BCUT2D eigenvalue weighted by molar-refractivity contribution is -1.73. The van der Waals surface area contributed by atoms with Crippen LogP contribution in [0, 0.1) is 10.8 Å². The smallest absolute Gasteiger partial charge is 0.238 e. The molecular formula is C27H27ClN2O5S. The summed E-state index contributed by atoms with van der Waals surface area (Å²) in [4.78, 5) is 0.128. The van der Waals surface area contributed by atoms with Crippen molar-refractivity contribution in [1.29, 1.82) is 0 Å².